The largest absolute Gasteiger partial charge is 0.457 e. The lowest BCUT2D eigenvalue weighted by Gasteiger charge is -2.39. The van der Waals surface area contributed by atoms with E-state index in [4.69, 9.17) is 19.7 Å². The van der Waals surface area contributed by atoms with Gasteiger partial charge in [0.05, 0.1) is 5.41 Å². The Hall–Kier alpha value is -6.39. The van der Waals surface area contributed by atoms with Crippen LogP contribution in [-0.2, 0) is 5.41 Å². The van der Waals surface area contributed by atoms with Crippen molar-refractivity contribution in [3.05, 3.63) is 186 Å². The normalized spacial score (nSPS) is 13.3. The molecule has 4 nitrogen and oxygen atoms in total. The van der Waals surface area contributed by atoms with Gasteiger partial charge in [0.25, 0.3) is 0 Å². The van der Waals surface area contributed by atoms with E-state index in [-0.39, 0.29) is 0 Å². The van der Waals surface area contributed by atoms with E-state index in [0.29, 0.717) is 17.5 Å². The highest BCUT2D eigenvalue weighted by Gasteiger charge is 2.51. The van der Waals surface area contributed by atoms with Gasteiger partial charge in [-0.3, -0.25) is 0 Å². The van der Waals surface area contributed by atoms with Gasteiger partial charge in [-0.25, -0.2) is 15.0 Å². The van der Waals surface area contributed by atoms with Gasteiger partial charge in [-0.15, -0.1) is 0 Å². The van der Waals surface area contributed by atoms with Crippen molar-refractivity contribution >= 4 is 10.8 Å². The van der Waals surface area contributed by atoms with E-state index in [2.05, 4.69) is 103 Å². The fourth-order valence-electron chi connectivity index (χ4n) is 7.75. The van der Waals surface area contributed by atoms with Gasteiger partial charge >= 0.3 is 0 Å². The van der Waals surface area contributed by atoms with Crippen LogP contribution in [0.15, 0.2) is 164 Å². The van der Waals surface area contributed by atoms with Crippen LogP contribution in [0.3, 0.4) is 0 Å². The Bertz CT molecular complexity index is 2440. The van der Waals surface area contributed by atoms with Crippen molar-refractivity contribution in [1.29, 1.82) is 0 Å². The molecule has 1 aromatic heterocycles. The molecule has 224 valence electrons. The van der Waals surface area contributed by atoms with Gasteiger partial charge in [0.1, 0.15) is 11.5 Å². The van der Waals surface area contributed by atoms with E-state index in [0.717, 1.165) is 39.3 Å². The second-order valence-electron chi connectivity index (χ2n) is 12.4. The molecule has 7 aromatic carbocycles. The van der Waals surface area contributed by atoms with E-state index in [1.807, 2.05) is 60.7 Å². The van der Waals surface area contributed by atoms with Crippen LogP contribution >= 0.6 is 0 Å². The molecule has 0 amide bonds. The maximum atomic E-state index is 6.53. The Morgan fingerprint density at radius 2 is 0.896 bits per heavy atom. The molecule has 1 aliphatic heterocycles. The number of rotatable bonds is 3. The fraction of sp³-hybridized carbons (Fsp3) is 0.0227. The van der Waals surface area contributed by atoms with Gasteiger partial charge in [0, 0.05) is 27.8 Å². The number of hydrogen-bond acceptors (Lipinski definition) is 4. The molecule has 2 aliphatic rings. The lowest BCUT2D eigenvalue weighted by atomic mass is 9.66. The van der Waals surface area contributed by atoms with E-state index in [1.165, 1.54) is 33.0 Å². The Labute approximate surface area is 278 Å². The van der Waals surface area contributed by atoms with Gasteiger partial charge in [-0.2, -0.15) is 0 Å². The molecule has 0 N–H and O–H groups in total. The van der Waals surface area contributed by atoms with Crippen LogP contribution in [0.4, 0.5) is 0 Å². The first kappa shape index (κ1) is 26.8. The maximum absolute atomic E-state index is 6.53. The molecule has 8 aromatic rings. The highest BCUT2D eigenvalue weighted by Crippen LogP contribution is 2.63. The van der Waals surface area contributed by atoms with E-state index >= 15 is 0 Å². The summed E-state index contributed by atoms with van der Waals surface area (Å²) in [5.41, 5.74) is 9.62. The summed E-state index contributed by atoms with van der Waals surface area (Å²) >= 11 is 0. The summed E-state index contributed by atoms with van der Waals surface area (Å²) in [5, 5.41) is 2.33. The molecule has 2 heterocycles. The summed E-state index contributed by atoms with van der Waals surface area (Å²) in [7, 11) is 0. The Balaban J connectivity index is 1.25. The van der Waals surface area contributed by atoms with Gasteiger partial charge in [-0.05, 0) is 51.2 Å². The number of benzene rings is 7. The predicted molar refractivity (Wildman–Crippen MR) is 191 cm³/mol. The van der Waals surface area contributed by atoms with Crippen molar-refractivity contribution in [2.45, 2.75) is 5.41 Å². The topological polar surface area (TPSA) is 47.9 Å². The van der Waals surface area contributed by atoms with Gasteiger partial charge in [0.15, 0.2) is 17.5 Å². The first-order chi connectivity index (χ1) is 23.8. The zero-order chi connectivity index (χ0) is 31.7. The van der Waals surface area contributed by atoms with Gasteiger partial charge in [0.2, 0.25) is 0 Å². The molecule has 4 heteroatoms. The number of fused-ring (bicyclic) bond motifs is 11. The summed E-state index contributed by atoms with van der Waals surface area (Å²) in [4.78, 5) is 15.0. The van der Waals surface area contributed by atoms with Crippen molar-refractivity contribution < 1.29 is 4.74 Å². The third-order valence-electron chi connectivity index (χ3n) is 9.79. The first-order valence-corrected chi connectivity index (χ1v) is 16.2. The summed E-state index contributed by atoms with van der Waals surface area (Å²) < 4.78 is 6.53. The molecule has 10 rings (SSSR count). The number of nitrogens with zero attached hydrogens (tertiary/aromatic N) is 3. The zero-order valence-corrected chi connectivity index (χ0v) is 25.8. The van der Waals surface area contributed by atoms with Crippen LogP contribution in [0.1, 0.15) is 22.3 Å². The molecule has 0 saturated carbocycles. The minimum atomic E-state index is -0.518. The van der Waals surface area contributed by atoms with Crippen LogP contribution in [0.2, 0.25) is 0 Å². The van der Waals surface area contributed by atoms with Crippen molar-refractivity contribution in [3.8, 4) is 56.8 Å². The van der Waals surface area contributed by atoms with E-state index in [1.54, 1.807) is 0 Å². The van der Waals surface area contributed by atoms with E-state index in [9.17, 15) is 0 Å². The minimum Gasteiger partial charge on any atom is -0.457 e. The molecule has 0 radical (unpaired) electrons. The summed E-state index contributed by atoms with van der Waals surface area (Å²) in [6.07, 6.45) is 0. The van der Waals surface area contributed by atoms with Crippen molar-refractivity contribution in [2.75, 3.05) is 0 Å². The highest BCUT2D eigenvalue weighted by atomic mass is 16.5. The molecular weight excluding hydrogens is 587 g/mol. The van der Waals surface area contributed by atoms with E-state index < -0.39 is 5.41 Å². The minimum absolute atomic E-state index is 0.518. The molecule has 0 fully saturated rings. The smallest absolute Gasteiger partial charge is 0.164 e. The molecule has 0 unspecified atom stereocenters. The molecule has 48 heavy (non-hydrogen) atoms. The average Bonchev–Trinajstić information content (AvgIpc) is 3.46. The van der Waals surface area contributed by atoms with Crippen LogP contribution in [-0.4, -0.2) is 15.0 Å². The maximum Gasteiger partial charge on any atom is 0.164 e. The van der Waals surface area contributed by atoms with Crippen molar-refractivity contribution in [3.63, 3.8) is 0 Å². The van der Waals surface area contributed by atoms with Crippen molar-refractivity contribution in [2.24, 2.45) is 0 Å². The quantitative estimate of drug-likeness (QED) is 0.199. The fourth-order valence-corrected chi connectivity index (χ4v) is 7.75. The van der Waals surface area contributed by atoms with Crippen LogP contribution in [0, 0.1) is 0 Å². The van der Waals surface area contributed by atoms with Gasteiger partial charge < -0.3 is 4.74 Å². The summed E-state index contributed by atoms with van der Waals surface area (Å²) in [6, 6.07) is 57.2. The Morgan fingerprint density at radius 1 is 0.396 bits per heavy atom. The average molecular weight is 614 g/mol. The zero-order valence-electron chi connectivity index (χ0n) is 25.8. The third kappa shape index (κ3) is 3.80. The third-order valence-corrected chi connectivity index (χ3v) is 9.79. The van der Waals surface area contributed by atoms with Crippen LogP contribution in [0.5, 0.6) is 11.5 Å². The lowest BCUT2D eigenvalue weighted by Crippen LogP contribution is -2.32. The lowest BCUT2D eigenvalue weighted by molar-refractivity contribution is 0.436. The van der Waals surface area contributed by atoms with Crippen LogP contribution < -0.4 is 4.74 Å². The standard InChI is InChI=1S/C44H27N3O/c1-3-13-29(14-4-1)41-45-42(30-15-5-2-6-16-30)47-43(46-41)31-24-23-28-25-26-37-40(33(28)27-31)32-17-7-8-18-34(32)44(37)35-19-9-11-21-38(35)48-39-22-12-10-20-36(39)44/h1-27H. The summed E-state index contributed by atoms with van der Waals surface area (Å²) in [5.74, 6) is 3.72. The molecule has 1 spiro atoms. The summed E-state index contributed by atoms with van der Waals surface area (Å²) in [6.45, 7) is 0. The van der Waals surface area contributed by atoms with Crippen molar-refractivity contribution in [1.82, 2.24) is 15.0 Å². The van der Waals surface area contributed by atoms with Gasteiger partial charge in [-0.1, -0.05) is 146 Å². The number of ether oxygens (including phenoxy) is 1. The second kappa shape index (κ2) is 10.3. The molecule has 0 saturated heterocycles. The highest BCUT2D eigenvalue weighted by molar-refractivity contribution is 6.05. The Kier molecular flexibility index (Phi) is 5.75. The monoisotopic (exact) mass is 613 g/mol. The Morgan fingerprint density at radius 3 is 1.52 bits per heavy atom. The van der Waals surface area contributed by atoms with Crippen LogP contribution in [0.25, 0.3) is 56.1 Å². The number of aromatic nitrogens is 3. The SMILES string of the molecule is c1ccc(-c2nc(-c3ccccc3)nc(-c3ccc4ccc5c(c4c3)-c3ccccc3C53c4ccccc4Oc4ccccc43)n2)cc1. The number of para-hydroxylation sites is 2. The molecule has 1 aliphatic carbocycles. The number of hydrogen-bond donors (Lipinski definition) is 0. The predicted octanol–water partition coefficient (Wildman–Crippen LogP) is 10.5. The molecule has 0 atom stereocenters. The second-order valence-corrected chi connectivity index (χ2v) is 12.4. The first-order valence-electron chi connectivity index (χ1n) is 16.2. The molecule has 0 bridgehead atoms. The molecular formula is C44H27N3O.